The van der Waals surface area contributed by atoms with Crippen LogP contribution in [0.15, 0.2) is 28.9 Å². The SMILES string of the molecule is CCOC(=N)/C=C/c1ccco1. The fraction of sp³-hybridized carbons (Fsp3) is 0.222. The quantitative estimate of drug-likeness (QED) is 0.551. The van der Waals surface area contributed by atoms with Gasteiger partial charge >= 0.3 is 0 Å². The summed E-state index contributed by atoms with van der Waals surface area (Å²) in [6, 6.07) is 3.61. The van der Waals surface area contributed by atoms with Crippen molar-refractivity contribution in [3.63, 3.8) is 0 Å². The Bertz CT molecular complexity index is 262. The molecule has 64 valence electrons. The van der Waals surface area contributed by atoms with Crippen LogP contribution in [0.4, 0.5) is 0 Å². The number of rotatable bonds is 3. The Labute approximate surface area is 71.2 Å². The molecule has 0 saturated heterocycles. The maximum atomic E-state index is 7.24. The Morgan fingerprint density at radius 3 is 3.17 bits per heavy atom. The Morgan fingerprint density at radius 2 is 2.58 bits per heavy atom. The molecule has 0 unspecified atom stereocenters. The number of nitrogens with one attached hydrogen (secondary N) is 1. The van der Waals surface area contributed by atoms with E-state index in [4.69, 9.17) is 14.6 Å². The first-order valence-corrected chi connectivity index (χ1v) is 3.76. The van der Waals surface area contributed by atoms with Gasteiger partial charge in [0.2, 0.25) is 5.90 Å². The van der Waals surface area contributed by atoms with Gasteiger partial charge in [0.15, 0.2) is 0 Å². The highest BCUT2D eigenvalue weighted by atomic mass is 16.5. The average molecular weight is 165 g/mol. The van der Waals surface area contributed by atoms with E-state index in [2.05, 4.69) is 0 Å². The summed E-state index contributed by atoms with van der Waals surface area (Å²) in [6.45, 7) is 2.36. The lowest BCUT2D eigenvalue weighted by Crippen LogP contribution is -1.97. The molecule has 12 heavy (non-hydrogen) atoms. The third kappa shape index (κ3) is 2.62. The first kappa shape index (κ1) is 8.59. The maximum Gasteiger partial charge on any atom is 0.205 e. The molecule has 0 saturated carbocycles. The molecule has 1 N–H and O–H groups in total. The molecule has 1 aromatic heterocycles. The fourth-order valence-corrected chi connectivity index (χ4v) is 0.748. The molecule has 0 aromatic carbocycles. The largest absolute Gasteiger partial charge is 0.478 e. The van der Waals surface area contributed by atoms with Crippen molar-refractivity contribution in [1.29, 1.82) is 5.41 Å². The van der Waals surface area contributed by atoms with Crippen molar-refractivity contribution in [2.24, 2.45) is 0 Å². The second kappa shape index (κ2) is 4.38. The van der Waals surface area contributed by atoms with E-state index >= 15 is 0 Å². The van der Waals surface area contributed by atoms with E-state index in [0.29, 0.717) is 6.61 Å². The highest BCUT2D eigenvalue weighted by Gasteiger charge is 1.90. The van der Waals surface area contributed by atoms with Gasteiger partial charge < -0.3 is 9.15 Å². The topological polar surface area (TPSA) is 46.2 Å². The molecule has 0 amide bonds. The summed E-state index contributed by atoms with van der Waals surface area (Å²) in [5.74, 6) is 0.869. The Hall–Kier alpha value is -1.51. The molecule has 0 aliphatic carbocycles. The van der Waals surface area contributed by atoms with Crippen LogP contribution >= 0.6 is 0 Å². The minimum absolute atomic E-state index is 0.147. The van der Waals surface area contributed by atoms with Crippen molar-refractivity contribution in [3.05, 3.63) is 30.2 Å². The zero-order valence-corrected chi connectivity index (χ0v) is 6.91. The lowest BCUT2D eigenvalue weighted by Gasteiger charge is -1.96. The Balaban J connectivity index is 2.45. The first-order chi connectivity index (χ1) is 5.83. The van der Waals surface area contributed by atoms with Crippen molar-refractivity contribution in [2.75, 3.05) is 6.61 Å². The lowest BCUT2D eigenvalue weighted by atomic mass is 10.4. The van der Waals surface area contributed by atoms with Gasteiger partial charge in [-0.25, -0.2) is 0 Å². The van der Waals surface area contributed by atoms with Gasteiger partial charge in [-0.2, -0.15) is 0 Å². The summed E-state index contributed by atoms with van der Waals surface area (Å²) in [7, 11) is 0. The highest BCUT2D eigenvalue weighted by molar-refractivity contribution is 5.88. The summed E-state index contributed by atoms with van der Waals surface area (Å²) < 4.78 is 9.92. The molecule has 3 heteroatoms. The lowest BCUT2D eigenvalue weighted by molar-refractivity contribution is 0.327. The minimum Gasteiger partial charge on any atom is -0.478 e. The van der Waals surface area contributed by atoms with Crippen LogP contribution in [0.25, 0.3) is 6.08 Å². The minimum atomic E-state index is 0.147. The molecule has 1 aromatic rings. The van der Waals surface area contributed by atoms with Crippen LogP contribution in [0.2, 0.25) is 0 Å². The van der Waals surface area contributed by atoms with Crippen LogP contribution in [-0.2, 0) is 4.74 Å². The molecule has 1 heterocycles. The van der Waals surface area contributed by atoms with Crippen LogP contribution in [0.1, 0.15) is 12.7 Å². The van der Waals surface area contributed by atoms with Gasteiger partial charge in [0, 0.05) is 6.08 Å². The standard InChI is InChI=1S/C9H11NO2/c1-2-11-9(10)6-5-8-4-3-7-12-8/h3-7,10H,2H2,1H3/b6-5+,10-9?. The molecule has 0 radical (unpaired) electrons. The van der Waals surface area contributed by atoms with Gasteiger partial charge in [-0.3, -0.25) is 5.41 Å². The van der Waals surface area contributed by atoms with E-state index < -0.39 is 0 Å². The van der Waals surface area contributed by atoms with Crippen molar-refractivity contribution >= 4 is 12.0 Å². The molecule has 0 fully saturated rings. The zero-order valence-electron chi connectivity index (χ0n) is 6.91. The van der Waals surface area contributed by atoms with Crippen molar-refractivity contribution in [1.82, 2.24) is 0 Å². The number of furan rings is 1. The molecule has 0 spiro atoms. The smallest absolute Gasteiger partial charge is 0.205 e. The van der Waals surface area contributed by atoms with Crippen LogP contribution < -0.4 is 0 Å². The van der Waals surface area contributed by atoms with Crippen molar-refractivity contribution in [2.45, 2.75) is 6.92 Å². The second-order valence-corrected chi connectivity index (χ2v) is 2.15. The maximum absolute atomic E-state index is 7.24. The Kier molecular flexibility index (Phi) is 3.14. The molecule has 0 aliphatic rings. The van der Waals surface area contributed by atoms with Gasteiger partial charge in [-0.15, -0.1) is 0 Å². The second-order valence-electron chi connectivity index (χ2n) is 2.15. The Morgan fingerprint density at radius 1 is 1.75 bits per heavy atom. The van der Waals surface area contributed by atoms with E-state index in [1.165, 1.54) is 0 Å². The molecule has 1 rings (SSSR count). The third-order valence-corrected chi connectivity index (χ3v) is 1.24. The van der Waals surface area contributed by atoms with E-state index in [0.717, 1.165) is 5.76 Å². The molecule has 0 aliphatic heterocycles. The third-order valence-electron chi connectivity index (χ3n) is 1.24. The van der Waals surface area contributed by atoms with Gasteiger partial charge in [0.25, 0.3) is 0 Å². The summed E-state index contributed by atoms with van der Waals surface area (Å²) in [4.78, 5) is 0. The van der Waals surface area contributed by atoms with E-state index in [1.807, 2.05) is 13.0 Å². The first-order valence-electron chi connectivity index (χ1n) is 3.76. The number of hydrogen-bond acceptors (Lipinski definition) is 3. The summed E-state index contributed by atoms with van der Waals surface area (Å²) in [6.07, 6.45) is 4.84. The molecule has 0 bridgehead atoms. The zero-order chi connectivity index (χ0) is 8.81. The van der Waals surface area contributed by atoms with Crippen molar-refractivity contribution in [3.8, 4) is 0 Å². The molecular formula is C9H11NO2. The van der Waals surface area contributed by atoms with Gasteiger partial charge in [0.1, 0.15) is 5.76 Å². The van der Waals surface area contributed by atoms with Gasteiger partial charge in [-0.05, 0) is 25.1 Å². The van der Waals surface area contributed by atoms with Crippen LogP contribution in [-0.4, -0.2) is 12.5 Å². The van der Waals surface area contributed by atoms with Crippen LogP contribution in [0.5, 0.6) is 0 Å². The fourth-order valence-electron chi connectivity index (χ4n) is 0.748. The molecule has 0 atom stereocenters. The highest BCUT2D eigenvalue weighted by Crippen LogP contribution is 2.02. The summed E-state index contributed by atoms with van der Waals surface area (Å²) >= 11 is 0. The predicted molar refractivity (Wildman–Crippen MR) is 47.1 cm³/mol. The van der Waals surface area contributed by atoms with E-state index in [9.17, 15) is 0 Å². The average Bonchev–Trinajstić information content (AvgIpc) is 2.53. The number of ether oxygens (including phenoxy) is 1. The molecule has 3 nitrogen and oxygen atoms in total. The number of hydrogen-bond donors (Lipinski definition) is 1. The summed E-state index contributed by atoms with van der Waals surface area (Å²) in [5.41, 5.74) is 0. The van der Waals surface area contributed by atoms with Crippen LogP contribution in [0.3, 0.4) is 0 Å². The van der Waals surface area contributed by atoms with Crippen LogP contribution in [0, 0.1) is 5.41 Å². The van der Waals surface area contributed by atoms with E-state index in [-0.39, 0.29) is 5.90 Å². The van der Waals surface area contributed by atoms with E-state index in [1.54, 1.807) is 24.5 Å². The van der Waals surface area contributed by atoms with Gasteiger partial charge in [0.05, 0.1) is 12.9 Å². The predicted octanol–water partition coefficient (Wildman–Crippen LogP) is 2.31. The summed E-state index contributed by atoms with van der Waals surface area (Å²) in [5, 5.41) is 7.24. The van der Waals surface area contributed by atoms with Crippen molar-refractivity contribution < 1.29 is 9.15 Å². The monoisotopic (exact) mass is 165 g/mol. The van der Waals surface area contributed by atoms with Gasteiger partial charge in [-0.1, -0.05) is 0 Å². The molecular weight excluding hydrogens is 154 g/mol. The normalized spacial score (nSPS) is 10.4.